The first-order chi connectivity index (χ1) is 13.7. The maximum absolute atomic E-state index is 9.37. The molecular formula is C20H17N7O. The predicted octanol–water partition coefficient (Wildman–Crippen LogP) is 2.00. The summed E-state index contributed by atoms with van der Waals surface area (Å²) >= 11 is 0. The summed E-state index contributed by atoms with van der Waals surface area (Å²) in [4.78, 5) is 17.3. The lowest BCUT2D eigenvalue weighted by Crippen LogP contribution is -2.17. The summed E-state index contributed by atoms with van der Waals surface area (Å²) < 4.78 is 0. The van der Waals surface area contributed by atoms with Crippen molar-refractivity contribution in [1.82, 2.24) is 30.1 Å². The molecule has 0 amide bonds. The van der Waals surface area contributed by atoms with E-state index in [2.05, 4.69) is 47.3 Å². The Morgan fingerprint density at radius 1 is 1.11 bits per heavy atom. The highest BCUT2D eigenvalue weighted by molar-refractivity contribution is 5.79. The molecule has 0 aliphatic rings. The molecule has 0 bridgehead atoms. The Hall–Kier alpha value is -3.83. The van der Waals surface area contributed by atoms with Crippen LogP contribution in [0.15, 0.2) is 48.9 Å². The van der Waals surface area contributed by atoms with Crippen LogP contribution in [0.3, 0.4) is 0 Å². The first kappa shape index (κ1) is 17.6. The number of fused-ring (bicyclic) bond motifs is 1. The average Bonchev–Trinajstić information content (AvgIpc) is 3.19. The molecule has 138 valence electrons. The van der Waals surface area contributed by atoms with E-state index in [0.29, 0.717) is 29.7 Å². The number of aromatic nitrogens is 6. The Labute approximate surface area is 161 Å². The maximum Gasteiger partial charge on any atom is 0.223 e. The summed E-state index contributed by atoms with van der Waals surface area (Å²) in [5, 5.41) is 20.3. The smallest absolute Gasteiger partial charge is 0.223 e. The molecule has 3 N–H and O–H groups in total. The zero-order chi connectivity index (χ0) is 19.3. The van der Waals surface area contributed by atoms with E-state index in [-0.39, 0.29) is 0 Å². The molecule has 4 rings (SSSR count). The summed E-state index contributed by atoms with van der Waals surface area (Å²) in [6, 6.07) is 9.33. The quantitative estimate of drug-likeness (QED) is 0.470. The van der Waals surface area contributed by atoms with Crippen molar-refractivity contribution in [2.45, 2.75) is 13.0 Å². The molecule has 0 spiro atoms. The lowest BCUT2D eigenvalue weighted by molar-refractivity contribution is 0.208. The number of hydrogen-bond acceptors (Lipinski definition) is 7. The molecule has 1 atom stereocenters. The van der Waals surface area contributed by atoms with Crippen molar-refractivity contribution < 1.29 is 5.11 Å². The van der Waals surface area contributed by atoms with E-state index in [1.54, 1.807) is 37.6 Å². The van der Waals surface area contributed by atoms with Gasteiger partial charge in [0.25, 0.3) is 0 Å². The Morgan fingerprint density at radius 3 is 2.89 bits per heavy atom. The van der Waals surface area contributed by atoms with Crippen molar-refractivity contribution in [3.8, 4) is 23.4 Å². The standard InChI is InChI=1S/C20H17N7O/c1-13(28)11-23-20-22-9-7-18(26-20)19-21-8-6-16(25-19)4-2-14-3-5-17-15(10-14)12-24-27-17/h3,5-10,12-13,28H,11H2,1H3,(H,24,27)(H,22,23,26)/t13-/m0/s1. The Morgan fingerprint density at radius 2 is 2.00 bits per heavy atom. The fraction of sp³-hybridized carbons (Fsp3) is 0.150. The van der Waals surface area contributed by atoms with E-state index in [0.717, 1.165) is 16.5 Å². The number of nitrogens with one attached hydrogen (secondary N) is 2. The van der Waals surface area contributed by atoms with Crippen LogP contribution in [0, 0.1) is 11.8 Å². The fourth-order valence-corrected chi connectivity index (χ4v) is 2.52. The number of hydrogen-bond donors (Lipinski definition) is 3. The van der Waals surface area contributed by atoms with Gasteiger partial charge in [0.05, 0.1) is 17.8 Å². The van der Waals surface area contributed by atoms with E-state index < -0.39 is 6.10 Å². The highest BCUT2D eigenvalue weighted by atomic mass is 16.3. The number of anilines is 1. The van der Waals surface area contributed by atoms with Gasteiger partial charge in [-0.3, -0.25) is 5.10 Å². The third-order valence-electron chi connectivity index (χ3n) is 3.87. The Kier molecular flexibility index (Phi) is 4.91. The summed E-state index contributed by atoms with van der Waals surface area (Å²) in [7, 11) is 0. The third kappa shape index (κ3) is 4.11. The molecule has 0 aliphatic carbocycles. The van der Waals surface area contributed by atoms with Gasteiger partial charge in [-0.15, -0.1) is 0 Å². The molecule has 28 heavy (non-hydrogen) atoms. The van der Waals surface area contributed by atoms with Crippen LogP contribution in [-0.4, -0.2) is 47.9 Å². The van der Waals surface area contributed by atoms with Crippen LogP contribution in [0.25, 0.3) is 22.4 Å². The molecule has 3 heterocycles. The van der Waals surface area contributed by atoms with Crippen LogP contribution < -0.4 is 5.32 Å². The zero-order valence-corrected chi connectivity index (χ0v) is 15.1. The molecule has 1 aromatic carbocycles. The third-order valence-corrected chi connectivity index (χ3v) is 3.87. The minimum absolute atomic E-state index is 0.358. The van der Waals surface area contributed by atoms with Gasteiger partial charge in [0.1, 0.15) is 11.4 Å². The van der Waals surface area contributed by atoms with Crippen molar-refractivity contribution in [1.29, 1.82) is 0 Å². The minimum Gasteiger partial charge on any atom is -0.392 e. The molecule has 8 heteroatoms. The van der Waals surface area contributed by atoms with Gasteiger partial charge in [-0.1, -0.05) is 5.92 Å². The van der Waals surface area contributed by atoms with Crippen LogP contribution in [0.5, 0.6) is 0 Å². The van der Waals surface area contributed by atoms with Gasteiger partial charge in [0, 0.05) is 29.9 Å². The van der Waals surface area contributed by atoms with Gasteiger partial charge in [0.2, 0.25) is 5.95 Å². The second-order valence-corrected chi connectivity index (χ2v) is 6.18. The molecular weight excluding hydrogens is 354 g/mol. The highest BCUT2D eigenvalue weighted by Crippen LogP contribution is 2.14. The summed E-state index contributed by atoms with van der Waals surface area (Å²) in [5.74, 6) is 7.04. The number of aromatic amines is 1. The summed E-state index contributed by atoms with van der Waals surface area (Å²) in [6.07, 6.45) is 4.54. The van der Waals surface area contributed by atoms with Crippen LogP contribution in [0.1, 0.15) is 18.2 Å². The minimum atomic E-state index is -0.497. The Bertz CT molecular complexity index is 1170. The molecule has 0 aliphatic heterocycles. The largest absolute Gasteiger partial charge is 0.392 e. The van der Waals surface area contributed by atoms with Crippen molar-refractivity contribution in [3.63, 3.8) is 0 Å². The summed E-state index contributed by atoms with van der Waals surface area (Å²) in [6.45, 7) is 2.04. The number of benzene rings is 1. The van der Waals surface area contributed by atoms with Crippen molar-refractivity contribution in [2.24, 2.45) is 0 Å². The number of H-pyrrole nitrogens is 1. The summed E-state index contributed by atoms with van der Waals surface area (Å²) in [5.41, 5.74) is 3.01. The number of rotatable bonds is 4. The molecule has 0 saturated carbocycles. The molecule has 0 unspecified atom stereocenters. The SMILES string of the molecule is C[C@H](O)CNc1nccc(-c2nccc(C#Cc3ccc4[nH]ncc4c3)n2)n1. The van der Waals surface area contributed by atoms with Crippen LogP contribution in [0.2, 0.25) is 0 Å². The van der Waals surface area contributed by atoms with Gasteiger partial charge in [0.15, 0.2) is 5.82 Å². The molecule has 0 radical (unpaired) electrons. The van der Waals surface area contributed by atoms with Crippen LogP contribution in [-0.2, 0) is 0 Å². The first-order valence-corrected chi connectivity index (χ1v) is 8.71. The van der Waals surface area contributed by atoms with Gasteiger partial charge in [-0.2, -0.15) is 5.10 Å². The molecule has 0 saturated heterocycles. The molecule has 8 nitrogen and oxygen atoms in total. The lowest BCUT2D eigenvalue weighted by Gasteiger charge is -2.07. The van der Waals surface area contributed by atoms with Gasteiger partial charge >= 0.3 is 0 Å². The maximum atomic E-state index is 9.37. The zero-order valence-electron chi connectivity index (χ0n) is 15.1. The van der Waals surface area contributed by atoms with Gasteiger partial charge in [-0.25, -0.2) is 19.9 Å². The fourth-order valence-electron chi connectivity index (χ4n) is 2.52. The van der Waals surface area contributed by atoms with Crippen molar-refractivity contribution in [3.05, 3.63) is 60.2 Å². The second kappa shape index (κ2) is 7.82. The Balaban J connectivity index is 1.57. The average molecular weight is 371 g/mol. The normalized spacial score (nSPS) is 11.6. The number of aliphatic hydroxyl groups is 1. The lowest BCUT2D eigenvalue weighted by atomic mass is 10.1. The van der Waals surface area contributed by atoms with E-state index in [1.807, 2.05) is 18.2 Å². The molecule has 0 fully saturated rings. The molecule has 3 aromatic heterocycles. The van der Waals surface area contributed by atoms with E-state index in [1.165, 1.54) is 0 Å². The van der Waals surface area contributed by atoms with Crippen molar-refractivity contribution >= 4 is 16.9 Å². The highest BCUT2D eigenvalue weighted by Gasteiger charge is 2.06. The van der Waals surface area contributed by atoms with E-state index in [9.17, 15) is 5.11 Å². The van der Waals surface area contributed by atoms with E-state index >= 15 is 0 Å². The number of nitrogens with zero attached hydrogens (tertiary/aromatic N) is 5. The van der Waals surface area contributed by atoms with Crippen LogP contribution >= 0.6 is 0 Å². The molecule has 4 aromatic rings. The van der Waals surface area contributed by atoms with Crippen molar-refractivity contribution in [2.75, 3.05) is 11.9 Å². The second-order valence-electron chi connectivity index (χ2n) is 6.18. The van der Waals surface area contributed by atoms with Crippen LogP contribution in [0.4, 0.5) is 5.95 Å². The topological polar surface area (TPSA) is 112 Å². The first-order valence-electron chi connectivity index (χ1n) is 8.71. The monoisotopic (exact) mass is 371 g/mol. The predicted molar refractivity (Wildman–Crippen MR) is 105 cm³/mol. The van der Waals surface area contributed by atoms with Gasteiger partial charge < -0.3 is 10.4 Å². The number of aliphatic hydroxyl groups excluding tert-OH is 1. The van der Waals surface area contributed by atoms with Gasteiger partial charge in [-0.05, 0) is 43.2 Å². The van der Waals surface area contributed by atoms with E-state index in [4.69, 9.17) is 0 Å².